The second kappa shape index (κ2) is 6.44. The van der Waals surface area contributed by atoms with Crippen molar-refractivity contribution in [1.29, 1.82) is 0 Å². The molecular formula is C17H16O2S. The van der Waals surface area contributed by atoms with E-state index >= 15 is 0 Å². The van der Waals surface area contributed by atoms with Gasteiger partial charge < -0.3 is 0 Å². The summed E-state index contributed by atoms with van der Waals surface area (Å²) in [6.07, 6.45) is 3.20. The molecule has 2 nitrogen and oxygen atoms in total. The molecule has 1 unspecified atom stereocenters. The molecule has 0 aliphatic rings. The van der Waals surface area contributed by atoms with Gasteiger partial charge in [-0.15, -0.1) is 0 Å². The van der Waals surface area contributed by atoms with Crippen molar-refractivity contribution >= 4 is 22.7 Å². The van der Waals surface area contributed by atoms with E-state index in [0.717, 1.165) is 16.0 Å². The normalized spacial score (nSPS) is 12.5. The SMILES string of the molecule is CC(=O)/C=C/c1ccccc1S(=O)c1ccc(C)cc1. The first-order valence-corrected chi connectivity index (χ1v) is 7.49. The number of benzene rings is 2. The molecule has 2 aromatic rings. The van der Waals surface area contributed by atoms with E-state index in [1.54, 1.807) is 6.08 Å². The van der Waals surface area contributed by atoms with E-state index in [1.165, 1.54) is 13.0 Å². The number of rotatable bonds is 4. The molecule has 0 saturated carbocycles. The van der Waals surface area contributed by atoms with Crippen LogP contribution >= 0.6 is 0 Å². The van der Waals surface area contributed by atoms with Crippen LogP contribution in [-0.2, 0) is 15.6 Å². The Morgan fingerprint density at radius 3 is 2.35 bits per heavy atom. The van der Waals surface area contributed by atoms with Gasteiger partial charge in [0.05, 0.1) is 15.7 Å². The maximum Gasteiger partial charge on any atom is 0.152 e. The molecule has 20 heavy (non-hydrogen) atoms. The molecule has 0 fully saturated rings. The van der Waals surface area contributed by atoms with Crippen molar-refractivity contribution in [1.82, 2.24) is 0 Å². The lowest BCUT2D eigenvalue weighted by molar-refractivity contribution is -0.112. The van der Waals surface area contributed by atoms with E-state index in [9.17, 15) is 9.00 Å². The third-order valence-corrected chi connectivity index (χ3v) is 4.32. The van der Waals surface area contributed by atoms with Gasteiger partial charge in [-0.2, -0.15) is 0 Å². The van der Waals surface area contributed by atoms with Crippen molar-refractivity contribution in [2.24, 2.45) is 0 Å². The van der Waals surface area contributed by atoms with E-state index in [1.807, 2.05) is 55.5 Å². The number of ketones is 1. The summed E-state index contributed by atoms with van der Waals surface area (Å²) < 4.78 is 12.6. The van der Waals surface area contributed by atoms with Gasteiger partial charge in [0.15, 0.2) is 5.78 Å². The van der Waals surface area contributed by atoms with E-state index in [4.69, 9.17) is 0 Å². The summed E-state index contributed by atoms with van der Waals surface area (Å²) in [5.41, 5.74) is 1.94. The lowest BCUT2D eigenvalue weighted by atomic mass is 10.2. The van der Waals surface area contributed by atoms with E-state index in [2.05, 4.69) is 0 Å². The van der Waals surface area contributed by atoms with Crippen LogP contribution in [0, 0.1) is 6.92 Å². The minimum Gasteiger partial charge on any atom is -0.295 e. The fourth-order valence-electron chi connectivity index (χ4n) is 1.78. The van der Waals surface area contributed by atoms with Gasteiger partial charge in [0.1, 0.15) is 0 Å². The van der Waals surface area contributed by atoms with Crippen LogP contribution in [0.4, 0.5) is 0 Å². The average Bonchev–Trinajstić information content (AvgIpc) is 2.45. The van der Waals surface area contributed by atoms with Crippen LogP contribution in [0.15, 0.2) is 64.4 Å². The maximum atomic E-state index is 12.6. The molecule has 0 radical (unpaired) electrons. The lowest BCUT2D eigenvalue weighted by Gasteiger charge is -2.06. The number of carbonyl (C=O) groups excluding carboxylic acids is 1. The Hall–Kier alpha value is -2.00. The molecule has 0 N–H and O–H groups in total. The van der Waals surface area contributed by atoms with Crippen LogP contribution in [0.5, 0.6) is 0 Å². The summed E-state index contributed by atoms with van der Waals surface area (Å²) >= 11 is 0. The molecule has 0 heterocycles. The van der Waals surface area contributed by atoms with Crippen LogP contribution in [-0.4, -0.2) is 9.99 Å². The Kier molecular flexibility index (Phi) is 4.64. The topological polar surface area (TPSA) is 34.1 Å². The van der Waals surface area contributed by atoms with Crippen molar-refractivity contribution in [3.63, 3.8) is 0 Å². The van der Waals surface area contributed by atoms with Crippen molar-refractivity contribution in [3.05, 3.63) is 65.7 Å². The number of carbonyl (C=O) groups is 1. The summed E-state index contributed by atoms with van der Waals surface area (Å²) in [6, 6.07) is 15.1. The lowest BCUT2D eigenvalue weighted by Crippen LogP contribution is -1.96. The molecule has 0 bridgehead atoms. The number of hydrogen-bond donors (Lipinski definition) is 0. The van der Waals surface area contributed by atoms with Gasteiger partial charge in [0, 0.05) is 4.90 Å². The molecule has 2 rings (SSSR count). The van der Waals surface area contributed by atoms with Crippen molar-refractivity contribution in [3.8, 4) is 0 Å². The quantitative estimate of drug-likeness (QED) is 0.801. The first-order valence-electron chi connectivity index (χ1n) is 6.34. The molecule has 0 saturated heterocycles. The fraction of sp³-hybridized carbons (Fsp3) is 0.118. The van der Waals surface area contributed by atoms with Crippen LogP contribution in [0.3, 0.4) is 0 Å². The number of allylic oxidation sites excluding steroid dienone is 1. The number of hydrogen-bond acceptors (Lipinski definition) is 2. The summed E-state index contributed by atoms with van der Waals surface area (Å²) in [5, 5.41) is 0. The molecular weight excluding hydrogens is 268 g/mol. The Bertz CT molecular complexity index is 670. The molecule has 0 aromatic heterocycles. The Morgan fingerprint density at radius 1 is 1.05 bits per heavy atom. The molecule has 0 amide bonds. The minimum absolute atomic E-state index is 0.0269. The third-order valence-electron chi connectivity index (χ3n) is 2.85. The predicted octanol–water partition coefficient (Wildman–Crippen LogP) is 3.76. The van der Waals surface area contributed by atoms with Crippen LogP contribution in [0.2, 0.25) is 0 Å². The third kappa shape index (κ3) is 3.52. The minimum atomic E-state index is -1.24. The molecule has 102 valence electrons. The second-order valence-electron chi connectivity index (χ2n) is 4.56. The number of aryl methyl sites for hydroxylation is 1. The molecule has 3 heteroatoms. The van der Waals surface area contributed by atoms with Crippen LogP contribution in [0.25, 0.3) is 6.08 Å². The standard InChI is InChI=1S/C17H16O2S/c1-13-7-11-16(12-8-13)20(19)17-6-4-3-5-15(17)10-9-14(2)18/h3-12H,1-2H3/b10-9+. The summed E-state index contributed by atoms with van der Waals surface area (Å²) in [6.45, 7) is 3.49. The van der Waals surface area contributed by atoms with Gasteiger partial charge in [-0.05, 0) is 43.7 Å². The van der Waals surface area contributed by atoms with Crippen molar-refractivity contribution in [2.45, 2.75) is 23.6 Å². The Balaban J connectivity index is 2.39. The van der Waals surface area contributed by atoms with Crippen molar-refractivity contribution in [2.75, 3.05) is 0 Å². The van der Waals surface area contributed by atoms with E-state index < -0.39 is 10.8 Å². The van der Waals surface area contributed by atoms with Gasteiger partial charge in [-0.25, -0.2) is 4.21 Å². The molecule has 0 spiro atoms. The molecule has 2 aromatic carbocycles. The molecule has 0 aliphatic heterocycles. The highest BCUT2D eigenvalue weighted by atomic mass is 32.2. The van der Waals surface area contributed by atoms with Crippen LogP contribution < -0.4 is 0 Å². The predicted molar refractivity (Wildman–Crippen MR) is 82.0 cm³/mol. The highest BCUT2D eigenvalue weighted by Crippen LogP contribution is 2.21. The first-order chi connectivity index (χ1) is 9.58. The highest BCUT2D eigenvalue weighted by molar-refractivity contribution is 7.85. The van der Waals surface area contributed by atoms with Gasteiger partial charge >= 0.3 is 0 Å². The van der Waals surface area contributed by atoms with Crippen LogP contribution in [0.1, 0.15) is 18.1 Å². The van der Waals surface area contributed by atoms with E-state index in [0.29, 0.717) is 4.90 Å². The van der Waals surface area contributed by atoms with E-state index in [-0.39, 0.29) is 5.78 Å². The van der Waals surface area contributed by atoms with Gasteiger partial charge in [0.2, 0.25) is 0 Å². The van der Waals surface area contributed by atoms with Gasteiger partial charge in [0.25, 0.3) is 0 Å². The molecule has 0 aliphatic carbocycles. The Morgan fingerprint density at radius 2 is 1.70 bits per heavy atom. The zero-order valence-corrected chi connectivity index (χ0v) is 12.3. The van der Waals surface area contributed by atoms with Crippen molar-refractivity contribution < 1.29 is 9.00 Å². The summed E-state index contributed by atoms with van der Waals surface area (Å²) in [4.78, 5) is 12.5. The fourth-order valence-corrected chi connectivity index (χ4v) is 2.97. The largest absolute Gasteiger partial charge is 0.295 e. The first kappa shape index (κ1) is 14.4. The molecule has 1 atom stereocenters. The average molecular weight is 284 g/mol. The zero-order chi connectivity index (χ0) is 14.5. The maximum absolute atomic E-state index is 12.6. The smallest absolute Gasteiger partial charge is 0.152 e. The zero-order valence-electron chi connectivity index (χ0n) is 11.5. The highest BCUT2D eigenvalue weighted by Gasteiger charge is 2.10. The summed E-state index contributed by atoms with van der Waals surface area (Å²) in [5.74, 6) is -0.0269. The van der Waals surface area contributed by atoms with Gasteiger partial charge in [-0.3, -0.25) is 4.79 Å². The van der Waals surface area contributed by atoms with Gasteiger partial charge in [-0.1, -0.05) is 42.0 Å². The summed E-state index contributed by atoms with van der Waals surface area (Å²) in [7, 11) is -1.24. The second-order valence-corrected chi connectivity index (χ2v) is 6.01. The Labute approximate surface area is 121 Å². The monoisotopic (exact) mass is 284 g/mol.